The second-order valence-electron chi connectivity index (χ2n) is 5.66. The van der Waals surface area contributed by atoms with Crippen molar-refractivity contribution in [3.05, 3.63) is 45.7 Å². The summed E-state index contributed by atoms with van der Waals surface area (Å²) in [6.45, 7) is 1.08. The molecule has 0 radical (unpaired) electrons. The SMILES string of the molecule is O=C1Cc2c([nH]c3c(Cl)c(Cl)cc(NCc4cocn4)c23)CCN1. The third-order valence-electron chi connectivity index (χ3n) is 4.14. The monoisotopic (exact) mass is 364 g/mol. The molecule has 3 aromatic rings. The lowest BCUT2D eigenvalue weighted by Gasteiger charge is -2.10. The average molecular weight is 365 g/mol. The summed E-state index contributed by atoms with van der Waals surface area (Å²) < 4.78 is 4.98. The normalized spacial score (nSPS) is 14.3. The molecule has 0 aliphatic carbocycles. The topological polar surface area (TPSA) is 83.0 Å². The van der Waals surface area contributed by atoms with E-state index in [2.05, 4.69) is 20.6 Å². The summed E-state index contributed by atoms with van der Waals surface area (Å²) >= 11 is 12.6. The van der Waals surface area contributed by atoms with Gasteiger partial charge in [0.05, 0.1) is 34.2 Å². The van der Waals surface area contributed by atoms with Crippen LogP contribution < -0.4 is 10.6 Å². The zero-order valence-corrected chi connectivity index (χ0v) is 14.1. The molecule has 1 aromatic carbocycles. The van der Waals surface area contributed by atoms with E-state index in [0.717, 1.165) is 40.0 Å². The first-order valence-electron chi connectivity index (χ1n) is 7.52. The molecular formula is C16H14Cl2N4O2. The molecule has 1 amide bonds. The molecule has 3 N–H and O–H groups in total. The number of fused-ring (bicyclic) bond motifs is 3. The third kappa shape index (κ3) is 2.61. The van der Waals surface area contributed by atoms with E-state index >= 15 is 0 Å². The number of benzene rings is 1. The molecule has 0 fully saturated rings. The van der Waals surface area contributed by atoms with Gasteiger partial charge in [-0.1, -0.05) is 23.2 Å². The van der Waals surface area contributed by atoms with E-state index in [1.54, 1.807) is 12.3 Å². The maximum atomic E-state index is 12.0. The van der Waals surface area contributed by atoms with Gasteiger partial charge >= 0.3 is 0 Å². The molecule has 0 atom stereocenters. The largest absolute Gasteiger partial charge is 0.451 e. The molecule has 0 saturated heterocycles. The fourth-order valence-electron chi connectivity index (χ4n) is 3.04. The van der Waals surface area contributed by atoms with Crippen molar-refractivity contribution in [2.75, 3.05) is 11.9 Å². The maximum absolute atomic E-state index is 12.0. The van der Waals surface area contributed by atoms with E-state index < -0.39 is 0 Å². The van der Waals surface area contributed by atoms with Crippen LogP contribution in [0.25, 0.3) is 10.9 Å². The van der Waals surface area contributed by atoms with Crippen LogP contribution in [0.15, 0.2) is 23.1 Å². The van der Waals surface area contributed by atoms with Crippen LogP contribution in [-0.2, 0) is 24.2 Å². The predicted molar refractivity (Wildman–Crippen MR) is 92.6 cm³/mol. The number of halogens is 2. The van der Waals surface area contributed by atoms with Gasteiger partial charge in [-0.25, -0.2) is 4.98 Å². The van der Waals surface area contributed by atoms with Crippen LogP contribution in [0.1, 0.15) is 17.0 Å². The van der Waals surface area contributed by atoms with Gasteiger partial charge in [0.15, 0.2) is 6.39 Å². The summed E-state index contributed by atoms with van der Waals surface area (Å²) in [6, 6.07) is 1.78. The number of aromatic amines is 1. The number of amides is 1. The number of hydrogen-bond acceptors (Lipinski definition) is 4. The zero-order valence-electron chi connectivity index (χ0n) is 12.6. The van der Waals surface area contributed by atoms with Crippen molar-refractivity contribution in [1.29, 1.82) is 0 Å². The van der Waals surface area contributed by atoms with E-state index in [-0.39, 0.29) is 5.91 Å². The van der Waals surface area contributed by atoms with Crippen LogP contribution in [0, 0.1) is 0 Å². The van der Waals surface area contributed by atoms with Crippen LogP contribution in [0.2, 0.25) is 10.0 Å². The Balaban J connectivity index is 1.84. The van der Waals surface area contributed by atoms with Crippen LogP contribution in [-0.4, -0.2) is 22.4 Å². The van der Waals surface area contributed by atoms with Crippen molar-refractivity contribution in [1.82, 2.24) is 15.3 Å². The standard InChI is InChI=1S/C16H14Cl2N4O2/c17-10-4-12(20-5-8-6-24-7-21-8)14-9-3-13(23)19-2-1-11(9)22-16(14)15(10)18/h4,6-7,20,22H,1-3,5H2,(H,19,23). The molecule has 0 bridgehead atoms. The van der Waals surface area contributed by atoms with Crippen molar-refractivity contribution in [3.63, 3.8) is 0 Å². The molecule has 2 aromatic heterocycles. The molecule has 0 saturated carbocycles. The number of nitrogens with one attached hydrogen (secondary N) is 3. The zero-order chi connectivity index (χ0) is 16.7. The van der Waals surface area contributed by atoms with Crippen molar-refractivity contribution in [2.24, 2.45) is 0 Å². The third-order valence-corrected chi connectivity index (χ3v) is 4.93. The fraction of sp³-hybridized carbons (Fsp3) is 0.250. The van der Waals surface area contributed by atoms with E-state index in [1.165, 1.54) is 6.39 Å². The Morgan fingerprint density at radius 1 is 1.38 bits per heavy atom. The Kier molecular flexibility index (Phi) is 3.86. The summed E-state index contributed by atoms with van der Waals surface area (Å²) in [5.74, 6) is 0.00294. The molecule has 0 spiro atoms. The molecule has 1 aliphatic rings. The van der Waals surface area contributed by atoms with E-state index in [1.807, 2.05) is 0 Å². The molecular weight excluding hydrogens is 351 g/mol. The average Bonchev–Trinajstić information content (AvgIpc) is 3.15. The van der Waals surface area contributed by atoms with Gasteiger partial charge in [-0.2, -0.15) is 0 Å². The lowest BCUT2D eigenvalue weighted by atomic mass is 10.0. The lowest BCUT2D eigenvalue weighted by Crippen LogP contribution is -2.24. The fourth-order valence-corrected chi connectivity index (χ4v) is 3.44. The van der Waals surface area contributed by atoms with Crippen molar-refractivity contribution in [3.8, 4) is 0 Å². The Morgan fingerprint density at radius 3 is 3.04 bits per heavy atom. The smallest absolute Gasteiger partial charge is 0.224 e. The van der Waals surface area contributed by atoms with Gasteiger partial charge < -0.3 is 20.0 Å². The number of H-pyrrole nitrogens is 1. The first-order chi connectivity index (χ1) is 11.6. The molecule has 0 unspecified atom stereocenters. The Bertz CT molecular complexity index is 918. The highest BCUT2D eigenvalue weighted by atomic mass is 35.5. The van der Waals surface area contributed by atoms with Crippen molar-refractivity contribution in [2.45, 2.75) is 19.4 Å². The number of nitrogens with zero attached hydrogens (tertiary/aromatic N) is 1. The van der Waals surface area contributed by atoms with E-state index in [4.69, 9.17) is 27.6 Å². The molecule has 6 nitrogen and oxygen atoms in total. The summed E-state index contributed by atoms with van der Waals surface area (Å²) in [5, 5.41) is 8.01. The summed E-state index contributed by atoms with van der Waals surface area (Å²) in [6.07, 6.45) is 4.00. The predicted octanol–water partition coefficient (Wildman–Crippen LogP) is 3.29. The van der Waals surface area contributed by atoms with Crippen LogP contribution in [0.4, 0.5) is 5.69 Å². The molecule has 1 aliphatic heterocycles. The van der Waals surface area contributed by atoms with Gasteiger partial charge in [0.1, 0.15) is 6.26 Å². The Labute approximate surface area is 147 Å². The van der Waals surface area contributed by atoms with Crippen molar-refractivity contribution >= 4 is 45.7 Å². The highest BCUT2D eigenvalue weighted by Gasteiger charge is 2.23. The number of rotatable bonds is 3. The van der Waals surface area contributed by atoms with E-state index in [9.17, 15) is 4.79 Å². The van der Waals surface area contributed by atoms with Crippen LogP contribution in [0.3, 0.4) is 0 Å². The quantitative estimate of drug-likeness (QED) is 0.665. The van der Waals surface area contributed by atoms with Crippen molar-refractivity contribution < 1.29 is 9.21 Å². The number of hydrogen-bond donors (Lipinski definition) is 3. The summed E-state index contributed by atoms with van der Waals surface area (Å²) in [5.41, 5.74) is 4.31. The molecule has 4 rings (SSSR count). The number of carbonyl (C=O) groups is 1. The van der Waals surface area contributed by atoms with Gasteiger partial charge in [-0.3, -0.25) is 4.79 Å². The lowest BCUT2D eigenvalue weighted by molar-refractivity contribution is -0.120. The second-order valence-corrected chi connectivity index (χ2v) is 6.45. The maximum Gasteiger partial charge on any atom is 0.224 e. The molecule has 124 valence electrons. The number of carbonyl (C=O) groups excluding carboxylic acids is 1. The molecule has 3 heterocycles. The highest BCUT2D eigenvalue weighted by molar-refractivity contribution is 6.45. The van der Waals surface area contributed by atoms with Gasteiger partial charge in [0.2, 0.25) is 5.91 Å². The first kappa shape index (κ1) is 15.4. The first-order valence-corrected chi connectivity index (χ1v) is 8.28. The molecule has 8 heteroatoms. The van der Waals surface area contributed by atoms with E-state index in [0.29, 0.717) is 29.6 Å². The number of anilines is 1. The van der Waals surface area contributed by atoms with Gasteiger partial charge in [0.25, 0.3) is 0 Å². The van der Waals surface area contributed by atoms with Gasteiger partial charge in [0, 0.05) is 29.7 Å². The Hall–Kier alpha value is -2.18. The van der Waals surface area contributed by atoms with Gasteiger partial charge in [-0.15, -0.1) is 0 Å². The summed E-state index contributed by atoms with van der Waals surface area (Å²) in [4.78, 5) is 19.4. The Morgan fingerprint density at radius 2 is 2.25 bits per heavy atom. The number of aromatic nitrogens is 2. The van der Waals surface area contributed by atoms with Gasteiger partial charge in [-0.05, 0) is 11.6 Å². The van der Waals surface area contributed by atoms with Crippen LogP contribution >= 0.6 is 23.2 Å². The molecule has 24 heavy (non-hydrogen) atoms. The minimum absolute atomic E-state index is 0.00294. The number of oxazole rings is 1. The highest BCUT2D eigenvalue weighted by Crippen LogP contribution is 2.39. The summed E-state index contributed by atoms with van der Waals surface area (Å²) in [7, 11) is 0. The minimum atomic E-state index is 0.00294. The second kappa shape index (κ2) is 6.03. The minimum Gasteiger partial charge on any atom is -0.451 e. The van der Waals surface area contributed by atoms with Crippen LogP contribution in [0.5, 0.6) is 0 Å².